The van der Waals surface area contributed by atoms with Crippen LogP contribution in [0, 0.1) is 0 Å². The second-order valence-corrected chi connectivity index (χ2v) is 1.89. The Bertz CT molecular complexity index is 198. The molecule has 0 spiro atoms. The molecule has 0 saturated carbocycles. The number of hydrogen-bond donors (Lipinski definition) is 0. The molecule has 1 rings (SSSR count). The zero-order valence-corrected chi connectivity index (χ0v) is 5.45. The molecule has 0 aliphatic heterocycles. The summed E-state index contributed by atoms with van der Waals surface area (Å²) >= 11 is 0. The van der Waals surface area contributed by atoms with Crippen molar-refractivity contribution in [2.24, 2.45) is 0 Å². The SMILES string of the molecule is O=[C]CCc1cncnc1. The van der Waals surface area contributed by atoms with Crippen LogP contribution in [0.4, 0.5) is 0 Å². The summed E-state index contributed by atoms with van der Waals surface area (Å²) in [6, 6.07) is 0. The fourth-order valence-electron chi connectivity index (χ4n) is 0.654. The summed E-state index contributed by atoms with van der Waals surface area (Å²) in [5.74, 6) is 0. The van der Waals surface area contributed by atoms with Gasteiger partial charge < -0.3 is 0 Å². The summed E-state index contributed by atoms with van der Waals surface area (Å²) in [7, 11) is 0. The van der Waals surface area contributed by atoms with Gasteiger partial charge in [0.05, 0.1) is 0 Å². The van der Waals surface area contributed by atoms with Crippen LogP contribution in [-0.2, 0) is 11.2 Å². The van der Waals surface area contributed by atoms with Gasteiger partial charge in [-0.2, -0.15) is 0 Å². The highest BCUT2D eigenvalue weighted by Gasteiger charge is 1.90. The van der Waals surface area contributed by atoms with Gasteiger partial charge in [0.15, 0.2) is 6.29 Å². The first kappa shape index (κ1) is 6.86. The minimum absolute atomic E-state index is 0.424. The second kappa shape index (κ2) is 3.71. The monoisotopic (exact) mass is 135 g/mol. The Labute approximate surface area is 59.1 Å². The molecular weight excluding hydrogens is 128 g/mol. The van der Waals surface area contributed by atoms with E-state index in [1.54, 1.807) is 12.4 Å². The summed E-state index contributed by atoms with van der Waals surface area (Å²) in [5.41, 5.74) is 0.978. The van der Waals surface area contributed by atoms with Crippen LogP contribution in [0.1, 0.15) is 12.0 Å². The summed E-state index contributed by atoms with van der Waals surface area (Å²) in [6.45, 7) is 0. The Morgan fingerprint density at radius 3 is 2.70 bits per heavy atom. The van der Waals surface area contributed by atoms with Crippen molar-refractivity contribution < 1.29 is 4.79 Å². The van der Waals surface area contributed by atoms with Crippen molar-refractivity contribution in [3.05, 3.63) is 24.3 Å². The van der Waals surface area contributed by atoms with Crippen molar-refractivity contribution in [1.82, 2.24) is 9.97 Å². The fourth-order valence-corrected chi connectivity index (χ4v) is 0.654. The van der Waals surface area contributed by atoms with E-state index in [0.717, 1.165) is 5.56 Å². The first-order valence-electron chi connectivity index (χ1n) is 3.02. The lowest BCUT2D eigenvalue weighted by atomic mass is 10.2. The molecule has 3 nitrogen and oxygen atoms in total. The standard InChI is InChI=1S/C7H7N2O/c10-3-1-2-7-4-8-6-9-5-7/h4-6H,1-2H2. The number of rotatable bonds is 3. The van der Waals surface area contributed by atoms with Gasteiger partial charge in [0.1, 0.15) is 6.33 Å². The van der Waals surface area contributed by atoms with E-state index in [0.29, 0.717) is 12.8 Å². The van der Waals surface area contributed by atoms with Crippen molar-refractivity contribution in [2.75, 3.05) is 0 Å². The largest absolute Gasteiger partial charge is 0.291 e. The minimum atomic E-state index is 0.424. The first-order valence-corrected chi connectivity index (χ1v) is 3.02. The van der Waals surface area contributed by atoms with Crippen LogP contribution < -0.4 is 0 Å². The van der Waals surface area contributed by atoms with Gasteiger partial charge in [-0.25, -0.2) is 9.97 Å². The summed E-state index contributed by atoms with van der Waals surface area (Å²) in [5, 5.41) is 0. The Morgan fingerprint density at radius 1 is 1.40 bits per heavy atom. The third-order valence-electron chi connectivity index (χ3n) is 1.13. The second-order valence-electron chi connectivity index (χ2n) is 1.89. The fraction of sp³-hybridized carbons (Fsp3) is 0.286. The number of aryl methyl sites for hydroxylation is 1. The molecule has 0 amide bonds. The molecule has 0 atom stereocenters. The molecule has 1 radical (unpaired) electrons. The summed E-state index contributed by atoms with van der Waals surface area (Å²) in [4.78, 5) is 17.4. The van der Waals surface area contributed by atoms with Crippen LogP contribution in [0.3, 0.4) is 0 Å². The Hall–Kier alpha value is -1.25. The van der Waals surface area contributed by atoms with E-state index in [1.165, 1.54) is 6.33 Å². The first-order chi connectivity index (χ1) is 4.93. The van der Waals surface area contributed by atoms with Crippen molar-refractivity contribution in [3.8, 4) is 0 Å². The minimum Gasteiger partial charge on any atom is -0.291 e. The van der Waals surface area contributed by atoms with Crippen molar-refractivity contribution >= 4 is 6.29 Å². The zero-order valence-electron chi connectivity index (χ0n) is 5.45. The van der Waals surface area contributed by atoms with E-state index in [9.17, 15) is 4.79 Å². The quantitative estimate of drug-likeness (QED) is 0.606. The number of carbonyl (C=O) groups excluding carboxylic acids is 1. The van der Waals surface area contributed by atoms with Crippen molar-refractivity contribution in [2.45, 2.75) is 12.8 Å². The van der Waals surface area contributed by atoms with Gasteiger partial charge in [0.25, 0.3) is 0 Å². The average molecular weight is 135 g/mol. The Morgan fingerprint density at radius 2 is 2.10 bits per heavy atom. The van der Waals surface area contributed by atoms with Gasteiger partial charge in [-0.1, -0.05) is 0 Å². The molecular formula is C7H7N2O. The molecule has 0 aromatic carbocycles. The van der Waals surface area contributed by atoms with Gasteiger partial charge in [-0.3, -0.25) is 4.79 Å². The molecule has 3 heteroatoms. The normalized spacial score (nSPS) is 9.20. The predicted molar refractivity (Wildman–Crippen MR) is 36.0 cm³/mol. The van der Waals surface area contributed by atoms with E-state index >= 15 is 0 Å². The highest BCUT2D eigenvalue weighted by Crippen LogP contribution is 1.95. The number of hydrogen-bond acceptors (Lipinski definition) is 3. The van der Waals surface area contributed by atoms with E-state index in [1.807, 2.05) is 6.29 Å². The van der Waals surface area contributed by atoms with Gasteiger partial charge in [-0.15, -0.1) is 0 Å². The molecule has 0 fully saturated rings. The molecule has 0 bridgehead atoms. The third-order valence-corrected chi connectivity index (χ3v) is 1.13. The van der Waals surface area contributed by atoms with Crippen LogP contribution in [0.25, 0.3) is 0 Å². The molecule has 51 valence electrons. The lowest BCUT2D eigenvalue weighted by Gasteiger charge is -1.91. The van der Waals surface area contributed by atoms with Crippen LogP contribution in [0.15, 0.2) is 18.7 Å². The highest BCUT2D eigenvalue weighted by atomic mass is 16.1. The molecule has 1 aromatic heterocycles. The summed E-state index contributed by atoms with van der Waals surface area (Å²) in [6.07, 6.45) is 7.78. The van der Waals surface area contributed by atoms with Crippen LogP contribution in [0.2, 0.25) is 0 Å². The number of aromatic nitrogens is 2. The van der Waals surface area contributed by atoms with E-state index in [2.05, 4.69) is 9.97 Å². The zero-order chi connectivity index (χ0) is 7.23. The third kappa shape index (κ3) is 1.93. The maximum absolute atomic E-state index is 9.81. The van der Waals surface area contributed by atoms with Crippen LogP contribution >= 0.6 is 0 Å². The highest BCUT2D eigenvalue weighted by molar-refractivity contribution is 5.50. The lowest BCUT2D eigenvalue weighted by Crippen LogP contribution is -1.87. The topological polar surface area (TPSA) is 42.9 Å². The average Bonchev–Trinajstić information content (AvgIpc) is 2.03. The lowest BCUT2D eigenvalue weighted by molar-refractivity contribution is 0.551. The van der Waals surface area contributed by atoms with E-state index < -0.39 is 0 Å². The molecule has 1 aromatic rings. The van der Waals surface area contributed by atoms with Gasteiger partial charge in [0, 0.05) is 18.8 Å². The van der Waals surface area contributed by atoms with Crippen LogP contribution in [0.5, 0.6) is 0 Å². The molecule has 0 aliphatic carbocycles. The smallest absolute Gasteiger partial charge is 0.198 e. The summed E-state index contributed by atoms with van der Waals surface area (Å²) < 4.78 is 0. The Kier molecular flexibility index (Phi) is 2.55. The maximum atomic E-state index is 9.81. The van der Waals surface area contributed by atoms with Crippen molar-refractivity contribution in [1.29, 1.82) is 0 Å². The molecule has 0 N–H and O–H groups in total. The molecule has 10 heavy (non-hydrogen) atoms. The number of nitrogens with zero attached hydrogens (tertiary/aromatic N) is 2. The van der Waals surface area contributed by atoms with E-state index in [4.69, 9.17) is 0 Å². The van der Waals surface area contributed by atoms with Gasteiger partial charge in [-0.05, 0) is 12.0 Å². The molecule has 0 aliphatic rings. The Balaban J connectivity index is 2.50. The van der Waals surface area contributed by atoms with Gasteiger partial charge >= 0.3 is 0 Å². The predicted octanol–water partition coefficient (Wildman–Crippen LogP) is 0.519. The van der Waals surface area contributed by atoms with E-state index in [-0.39, 0.29) is 0 Å². The maximum Gasteiger partial charge on any atom is 0.198 e. The molecule has 1 heterocycles. The van der Waals surface area contributed by atoms with Crippen molar-refractivity contribution in [3.63, 3.8) is 0 Å². The van der Waals surface area contributed by atoms with Crippen LogP contribution in [-0.4, -0.2) is 16.3 Å². The van der Waals surface area contributed by atoms with Gasteiger partial charge in [0.2, 0.25) is 0 Å². The molecule has 0 unspecified atom stereocenters. The molecule has 0 saturated heterocycles.